The Morgan fingerprint density at radius 2 is 1.59 bits per heavy atom. The monoisotopic (exact) mass is 594 g/mol. The van der Waals surface area contributed by atoms with Crippen molar-refractivity contribution in [1.29, 1.82) is 0 Å². The number of rotatable bonds is 10. The van der Waals surface area contributed by atoms with Gasteiger partial charge in [0.25, 0.3) is 0 Å². The molecule has 0 saturated carbocycles. The standard InChI is InChI=1S/C29H32ClFO10/c1-6-36-23-10-7-20(8-11-23)13-22-14-21(9-12-24(22)30)27-29(31,41-19(5)35)28(39-18(4)34)26(38-17(3)33)25(40-27)15-37-16(2)32/h7-12,14,25-28H,6,13,15H2,1-5H3/t25-,26-,27+,28+,29+/m1/s1. The highest BCUT2D eigenvalue weighted by Crippen LogP contribution is 2.47. The third kappa shape index (κ3) is 8.17. The maximum Gasteiger partial charge on any atom is 0.321 e. The Morgan fingerprint density at radius 3 is 2.15 bits per heavy atom. The summed E-state index contributed by atoms with van der Waals surface area (Å²) in [6, 6.07) is 11.9. The van der Waals surface area contributed by atoms with E-state index in [4.69, 9.17) is 40.0 Å². The normalized spacial score (nSPS) is 23.7. The van der Waals surface area contributed by atoms with Gasteiger partial charge in [0.2, 0.25) is 6.10 Å². The average Bonchev–Trinajstić information content (AvgIpc) is 2.87. The van der Waals surface area contributed by atoms with E-state index in [0.29, 0.717) is 29.4 Å². The van der Waals surface area contributed by atoms with Crippen LogP contribution >= 0.6 is 11.6 Å². The molecule has 2 aromatic carbocycles. The largest absolute Gasteiger partial charge is 0.494 e. The molecule has 3 rings (SSSR count). The van der Waals surface area contributed by atoms with Crippen molar-refractivity contribution in [3.05, 3.63) is 64.2 Å². The topological polar surface area (TPSA) is 124 Å². The van der Waals surface area contributed by atoms with Gasteiger partial charge < -0.3 is 28.4 Å². The minimum atomic E-state index is -3.16. The van der Waals surface area contributed by atoms with Crippen molar-refractivity contribution in [2.75, 3.05) is 13.2 Å². The van der Waals surface area contributed by atoms with E-state index in [9.17, 15) is 19.2 Å². The Kier molecular flexibility index (Phi) is 10.7. The SMILES string of the molecule is CCOc1ccc(Cc2cc([C@@H]3O[C@H](COC(C)=O)[C@@H](OC(C)=O)[C@H](OC(C)=O)[C@@]3(F)OC(C)=O)ccc2Cl)cc1. The van der Waals surface area contributed by atoms with Gasteiger partial charge in [-0.1, -0.05) is 35.9 Å². The predicted molar refractivity (Wildman–Crippen MR) is 143 cm³/mol. The van der Waals surface area contributed by atoms with Crippen molar-refractivity contribution in [1.82, 2.24) is 0 Å². The quantitative estimate of drug-likeness (QED) is 0.288. The van der Waals surface area contributed by atoms with Crippen LogP contribution in [0.5, 0.6) is 5.75 Å². The Morgan fingerprint density at radius 1 is 0.927 bits per heavy atom. The lowest BCUT2D eigenvalue weighted by Gasteiger charge is -2.47. The number of alkyl halides is 1. The molecule has 1 fully saturated rings. The van der Waals surface area contributed by atoms with Gasteiger partial charge in [-0.25, -0.2) is 0 Å². The van der Waals surface area contributed by atoms with Gasteiger partial charge in [0.05, 0.1) is 6.61 Å². The molecule has 0 aliphatic carbocycles. The molecule has 0 amide bonds. The second-order valence-corrected chi connectivity index (χ2v) is 9.76. The lowest BCUT2D eigenvalue weighted by atomic mass is 9.87. The first kappa shape index (κ1) is 31.8. The van der Waals surface area contributed by atoms with E-state index >= 15 is 4.39 Å². The lowest BCUT2D eigenvalue weighted by molar-refractivity contribution is -0.331. The molecule has 1 aliphatic heterocycles. The van der Waals surface area contributed by atoms with Crippen LogP contribution in [0, 0.1) is 0 Å². The summed E-state index contributed by atoms with van der Waals surface area (Å²) >= 11 is 6.48. The third-order valence-electron chi connectivity index (χ3n) is 6.07. The van der Waals surface area contributed by atoms with E-state index in [1.54, 1.807) is 6.07 Å². The highest BCUT2D eigenvalue weighted by molar-refractivity contribution is 6.31. The van der Waals surface area contributed by atoms with Gasteiger partial charge in [-0.2, -0.15) is 4.39 Å². The molecule has 1 saturated heterocycles. The van der Waals surface area contributed by atoms with Crippen LogP contribution in [0.3, 0.4) is 0 Å². The van der Waals surface area contributed by atoms with Crippen molar-refractivity contribution in [3.63, 3.8) is 0 Å². The number of esters is 4. The molecule has 5 atom stereocenters. The Bertz CT molecular complexity index is 1270. The number of hydrogen-bond acceptors (Lipinski definition) is 10. The van der Waals surface area contributed by atoms with E-state index in [2.05, 4.69) is 0 Å². The fourth-order valence-corrected chi connectivity index (χ4v) is 4.71. The van der Waals surface area contributed by atoms with Gasteiger partial charge in [-0.05, 0) is 48.2 Å². The van der Waals surface area contributed by atoms with Crippen molar-refractivity contribution >= 4 is 35.5 Å². The molecule has 1 heterocycles. The zero-order valence-corrected chi connectivity index (χ0v) is 24.1. The van der Waals surface area contributed by atoms with E-state index < -0.39 is 60.8 Å². The fraction of sp³-hybridized carbons (Fsp3) is 0.448. The summed E-state index contributed by atoms with van der Waals surface area (Å²) in [6.07, 6.45) is -6.27. The molecule has 0 unspecified atom stereocenters. The van der Waals surface area contributed by atoms with Crippen molar-refractivity contribution < 1.29 is 52.0 Å². The summed E-state index contributed by atoms with van der Waals surface area (Å²) in [4.78, 5) is 47.7. The first-order valence-corrected chi connectivity index (χ1v) is 13.2. The van der Waals surface area contributed by atoms with Crippen LogP contribution in [0.1, 0.15) is 57.4 Å². The van der Waals surface area contributed by atoms with Gasteiger partial charge >= 0.3 is 29.7 Å². The molecule has 41 heavy (non-hydrogen) atoms. The van der Waals surface area contributed by atoms with Gasteiger partial charge in [-0.15, -0.1) is 0 Å². The summed E-state index contributed by atoms with van der Waals surface area (Å²) in [5.74, 6) is -6.00. The molecule has 222 valence electrons. The Balaban J connectivity index is 2.09. The number of ether oxygens (including phenoxy) is 6. The first-order chi connectivity index (χ1) is 19.3. The smallest absolute Gasteiger partial charge is 0.321 e. The predicted octanol–water partition coefficient (Wildman–Crippen LogP) is 4.42. The molecule has 10 nitrogen and oxygen atoms in total. The maximum atomic E-state index is 17.1. The molecular weight excluding hydrogens is 563 g/mol. The molecule has 12 heteroatoms. The van der Waals surface area contributed by atoms with Crippen LogP contribution in [0.4, 0.5) is 4.39 Å². The van der Waals surface area contributed by atoms with Gasteiger partial charge in [0, 0.05) is 32.7 Å². The maximum absolute atomic E-state index is 17.1. The molecule has 0 spiro atoms. The van der Waals surface area contributed by atoms with Crippen LogP contribution in [0.15, 0.2) is 42.5 Å². The minimum Gasteiger partial charge on any atom is -0.494 e. The minimum absolute atomic E-state index is 0.172. The highest BCUT2D eigenvalue weighted by Gasteiger charge is 2.64. The highest BCUT2D eigenvalue weighted by atomic mass is 35.5. The van der Waals surface area contributed by atoms with E-state index in [1.807, 2.05) is 31.2 Å². The van der Waals surface area contributed by atoms with Crippen LogP contribution in [0.25, 0.3) is 0 Å². The second kappa shape index (κ2) is 13.8. The fourth-order valence-electron chi connectivity index (χ4n) is 4.52. The molecule has 0 N–H and O–H groups in total. The molecule has 2 aromatic rings. The second-order valence-electron chi connectivity index (χ2n) is 9.36. The van der Waals surface area contributed by atoms with Crippen LogP contribution in [-0.2, 0) is 49.3 Å². The summed E-state index contributed by atoms with van der Waals surface area (Å²) in [5, 5.41) is 0.376. The average molecular weight is 595 g/mol. The number of carbonyl (C=O) groups is 4. The Hall–Kier alpha value is -3.70. The molecular formula is C29H32ClFO10. The van der Waals surface area contributed by atoms with E-state index in [-0.39, 0.29) is 5.56 Å². The number of benzene rings is 2. The van der Waals surface area contributed by atoms with Gasteiger partial charge in [0.1, 0.15) is 18.5 Å². The lowest BCUT2D eigenvalue weighted by Crippen LogP contribution is -2.65. The van der Waals surface area contributed by atoms with Gasteiger partial charge in [0.15, 0.2) is 12.2 Å². The third-order valence-corrected chi connectivity index (χ3v) is 6.44. The van der Waals surface area contributed by atoms with Crippen molar-refractivity contribution in [2.24, 2.45) is 0 Å². The molecule has 0 aromatic heterocycles. The molecule has 0 radical (unpaired) electrons. The van der Waals surface area contributed by atoms with Crippen LogP contribution in [0.2, 0.25) is 5.02 Å². The summed E-state index contributed by atoms with van der Waals surface area (Å²) in [7, 11) is 0. The number of hydrogen-bond donors (Lipinski definition) is 0. The van der Waals surface area contributed by atoms with Crippen molar-refractivity contribution in [3.8, 4) is 5.75 Å². The van der Waals surface area contributed by atoms with Crippen LogP contribution < -0.4 is 4.74 Å². The molecule has 1 aliphatic rings. The zero-order chi connectivity index (χ0) is 30.3. The zero-order valence-electron chi connectivity index (χ0n) is 23.3. The van der Waals surface area contributed by atoms with Gasteiger partial charge in [-0.3, -0.25) is 19.2 Å². The van der Waals surface area contributed by atoms with Crippen LogP contribution in [-0.4, -0.2) is 61.3 Å². The van der Waals surface area contributed by atoms with E-state index in [0.717, 1.165) is 33.3 Å². The Labute approximate surface area is 241 Å². The number of carbonyl (C=O) groups excluding carboxylic acids is 4. The molecule has 0 bridgehead atoms. The summed E-state index contributed by atoms with van der Waals surface area (Å²) in [6.45, 7) is 6.10. The summed E-state index contributed by atoms with van der Waals surface area (Å²) < 4.78 is 49.2. The summed E-state index contributed by atoms with van der Waals surface area (Å²) in [5.41, 5.74) is 1.64. The van der Waals surface area contributed by atoms with Crippen molar-refractivity contribution in [2.45, 2.75) is 71.3 Å². The van der Waals surface area contributed by atoms with E-state index in [1.165, 1.54) is 12.1 Å². The number of halogens is 2. The first-order valence-electron chi connectivity index (χ1n) is 12.9.